The van der Waals surface area contributed by atoms with E-state index in [0.717, 1.165) is 83.0 Å². The standard InChI is InChI=1S/C82H93N3O9S/c1-49(2)16-18-55-23-22-54-13-7-8-15-68(54)72(55)45-76(88)56-24-20-53(21-25-56)60-28-29-63-32-37-74(75(81(63,89)47-60)39-51-10-5-4-6-11-51)82(85-80(83)84)64-30-26-57(27-31-64)78-61-40-62(79-70-35-33-65(87)41-58(70)14-9-12-52(48-86)38-67(43-61)93-79)44-73(78)77(95(90,91)92)46-71-50(3)17-19-59-42-66(94-82)34-36-69(59)71/h4-8,10-11,13,15,20-27,30-31,33-36,41-42,44,49-50,52,60-61,63,67,71,73-79,86-89H,12,16-19,28-29,32,37-40,43,45-48H2,1-3H3,(H4,83,84,85)(H,90,91,92). The quantitative estimate of drug-likeness (QED) is 0.0189. The number of benzene rings is 7. The first kappa shape index (κ1) is 65.0. The topological polar surface area (TPSA) is 218 Å². The van der Waals surface area contributed by atoms with Crippen molar-refractivity contribution in [2.24, 2.45) is 63.8 Å². The van der Waals surface area contributed by atoms with Crippen molar-refractivity contribution in [1.82, 2.24) is 0 Å². The molecule has 0 spiro atoms. The zero-order valence-electron chi connectivity index (χ0n) is 55.1. The summed E-state index contributed by atoms with van der Waals surface area (Å²) in [5.41, 5.74) is 22.3. The highest BCUT2D eigenvalue weighted by molar-refractivity contribution is 7.86. The van der Waals surface area contributed by atoms with Crippen molar-refractivity contribution in [3.63, 3.8) is 0 Å². The first-order valence-electron chi connectivity index (χ1n) is 35.1. The van der Waals surface area contributed by atoms with Crippen LogP contribution in [0.5, 0.6) is 11.5 Å². The molecular formula is C82H93N3O9S. The van der Waals surface area contributed by atoms with Crippen molar-refractivity contribution in [3.05, 3.63) is 225 Å². The molecule has 10 bridgehead atoms. The van der Waals surface area contributed by atoms with E-state index in [-0.39, 0.29) is 66.3 Å². The number of rotatable bonds is 13. The summed E-state index contributed by atoms with van der Waals surface area (Å²) in [6, 6.07) is 51.5. The van der Waals surface area contributed by atoms with Gasteiger partial charge in [0.15, 0.2) is 5.96 Å². The van der Waals surface area contributed by atoms with E-state index in [2.05, 4.69) is 160 Å². The number of nitrogens with zero attached hydrogens (tertiary/aromatic N) is 1. The number of fused-ring (bicyclic) bond motifs is 10. The maximum Gasteiger partial charge on any atom is 0.268 e. The predicted molar refractivity (Wildman–Crippen MR) is 374 cm³/mol. The van der Waals surface area contributed by atoms with Gasteiger partial charge in [0.1, 0.15) is 17.6 Å². The Labute approximate surface area is 561 Å². The monoisotopic (exact) mass is 1300 g/mol. The molecule has 1 saturated heterocycles. The van der Waals surface area contributed by atoms with Gasteiger partial charge in [0.2, 0.25) is 5.72 Å². The second-order valence-electron chi connectivity index (χ2n) is 29.9. The molecule has 9 aliphatic rings. The van der Waals surface area contributed by atoms with Crippen LogP contribution in [0.15, 0.2) is 168 Å². The number of aliphatic hydroxyl groups excluding tert-OH is 2. The highest BCUT2D eigenvalue weighted by Gasteiger charge is 2.60. The Balaban J connectivity index is 0.871. The third-order valence-electron chi connectivity index (χ3n) is 23.7. The lowest BCUT2D eigenvalue weighted by molar-refractivity contribution is -0.177. The highest BCUT2D eigenvalue weighted by Crippen LogP contribution is 2.60. The number of aryl methyl sites for hydroxylation is 2. The number of aliphatic imine (C=N–C) groups is 1. The summed E-state index contributed by atoms with van der Waals surface area (Å²) < 4.78 is 56.1. The molecule has 9 N–H and O–H groups in total. The van der Waals surface area contributed by atoms with Crippen LogP contribution in [0.2, 0.25) is 0 Å². The SMILES string of the molecule is CC(C)CCc1ccc2ccccc2c1CC(O)c1ccc(C2CCC3CCC(C4(N=C(N)N)Oc5ccc6c(c5)CCC(C)C6CC(S(=O)(=O)O)C5C=C6CC(CC7CC(CO)CC#Cc8cc(O)ccc8C6O7)C5c5ccc4cc5)C(Cc4ccccc4)C3(O)C2)cc1. The highest BCUT2D eigenvalue weighted by atomic mass is 32.2. The van der Waals surface area contributed by atoms with E-state index in [1.807, 2.05) is 18.2 Å². The Morgan fingerprint density at radius 2 is 1.58 bits per heavy atom. The van der Waals surface area contributed by atoms with Crippen LogP contribution < -0.4 is 16.2 Å². The molecule has 16 rings (SSSR count). The van der Waals surface area contributed by atoms with Gasteiger partial charge < -0.3 is 41.4 Å². The van der Waals surface area contributed by atoms with Gasteiger partial charge in [-0.1, -0.05) is 166 Å². The zero-order chi connectivity index (χ0) is 65.9. The Morgan fingerprint density at radius 1 is 0.821 bits per heavy atom. The van der Waals surface area contributed by atoms with Crippen molar-refractivity contribution in [3.8, 4) is 23.3 Å². The molecular weight excluding hydrogens is 1200 g/mol. The molecule has 0 aromatic heterocycles. The molecule has 16 unspecified atom stereocenters. The van der Waals surface area contributed by atoms with Gasteiger partial charge in [0, 0.05) is 53.9 Å². The molecule has 0 radical (unpaired) electrons. The maximum atomic E-state index is 14.6. The van der Waals surface area contributed by atoms with Crippen molar-refractivity contribution in [2.45, 2.75) is 176 Å². The first-order chi connectivity index (χ1) is 45.8. The second-order valence-corrected chi connectivity index (χ2v) is 31.5. The summed E-state index contributed by atoms with van der Waals surface area (Å²) in [6.07, 6.45) is 10.8. The van der Waals surface area contributed by atoms with Crippen LogP contribution in [0.25, 0.3) is 10.8 Å². The van der Waals surface area contributed by atoms with Gasteiger partial charge >= 0.3 is 0 Å². The molecule has 12 nitrogen and oxygen atoms in total. The molecule has 5 heterocycles. The average Bonchev–Trinajstić information content (AvgIpc) is 1.46. The Kier molecular flexibility index (Phi) is 18.2. The number of aromatic hydroxyl groups is 1. The van der Waals surface area contributed by atoms with Crippen molar-refractivity contribution in [1.29, 1.82) is 0 Å². The number of phenolic OH excluding ortho intramolecular Hbond substituents is 1. The minimum Gasteiger partial charge on any atom is -0.508 e. The Hall–Kier alpha value is -7.28. The molecule has 3 fully saturated rings. The van der Waals surface area contributed by atoms with E-state index in [4.69, 9.17) is 25.9 Å². The van der Waals surface area contributed by atoms with Crippen LogP contribution >= 0.6 is 0 Å². The molecule has 496 valence electrons. The van der Waals surface area contributed by atoms with Crippen LogP contribution in [0, 0.1) is 59.2 Å². The van der Waals surface area contributed by atoms with Crippen LogP contribution in [0.1, 0.15) is 189 Å². The van der Waals surface area contributed by atoms with Crippen molar-refractivity contribution < 1.29 is 42.9 Å². The Bertz CT molecular complexity index is 4200. The lowest BCUT2D eigenvalue weighted by Crippen LogP contribution is -2.60. The summed E-state index contributed by atoms with van der Waals surface area (Å²) in [5.74, 6) is 5.06. The summed E-state index contributed by atoms with van der Waals surface area (Å²) in [6.45, 7) is 6.62. The molecule has 5 aliphatic heterocycles. The van der Waals surface area contributed by atoms with Crippen LogP contribution in [0.4, 0.5) is 0 Å². The van der Waals surface area contributed by atoms with Crippen LogP contribution in [-0.2, 0) is 46.3 Å². The van der Waals surface area contributed by atoms with E-state index >= 15 is 0 Å². The van der Waals surface area contributed by atoms with E-state index in [0.29, 0.717) is 80.6 Å². The number of hydrogen-bond donors (Lipinski definition) is 7. The number of guanidine groups is 1. The van der Waals surface area contributed by atoms with Gasteiger partial charge in [0.05, 0.1) is 23.1 Å². The zero-order valence-corrected chi connectivity index (χ0v) is 55.9. The minimum absolute atomic E-state index is 0.00965. The molecule has 7 aromatic carbocycles. The van der Waals surface area contributed by atoms with Crippen LogP contribution in [0.3, 0.4) is 0 Å². The molecule has 95 heavy (non-hydrogen) atoms. The fourth-order valence-electron chi connectivity index (χ4n) is 19.0. The maximum absolute atomic E-state index is 14.6. The van der Waals surface area contributed by atoms with Crippen molar-refractivity contribution in [2.75, 3.05) is 6.61 Å². The average molecular weight is 1300 g/mol. The predicted octanol–water partition coefficient (Wildman–Crippen LogP) is 14.8. The van der Waals surface area contributed by atoms with Gasteiger partial charge in [-0.3, -0.25) is 4.55 Å². The van der Waals surface area contributed by atoms with E-state index in [1.54, 1.807) is 12.1 Å². The molecule has 13 heteroatoms. The van der Waals surface area contributed by atoms with Crippen molar-refractivity contribution >= 4 is 26.9 Å². The number of aliphatic hydroxyl groups is 3. The van der Waals surface area contributed by atoms with Gasteiger partial charge in [-0.2, -0.15) is 8.42 Å². The second kappa shape index (κ2) is 26.6. The van der Waals surface area contributed by atoms with E-state index < -0.39 is 62.6 Å². The molecule has 7 aromatic rings. The smallest absolute Gasteiger partial charge is 0.268 e. The lowest BCUT2D eigenvalue weighted by atomic mass is 9.53. The summed E-state index contributed by atoms with van der Waals surface area (Å²) in [7, 11) is -4.73. The molecule has 16 atom stereocenters. The normalized spacial score (nSPS) is 30.5. The van der Waals surface area contributed by atoms with Gasteiger partial charge in [0.25, 0.3) is 10.1 Å². The van der Waals surface area contributed by atoms with Gasteiger partial charge in [-0.25, -0.2) is 4.99 Å². The number of ether oxygens (including phenoxy) is 2. The van der Waals surface area contributed by atoms with Gasteiger partial charge in [-0.05, 0) is 222 Å². The van der Waals surface area contributed by atoms with E-state index in [1.165, 1.54) is 21.9 Å². The minimum atomic E-state index is -4.73. The van der Waals surface area contributed by atoms with Gasteiger partial charge in [-0.15, -0.1) is 0 Å². The third kappa shape index (κ3) is 12.9. The first-order valence-corrected chi connectivity index (χ1v) is 36.6. The summed E-state index contributed by atoms with van der Waals surface area (Å²) in [5, 5.41) is 49.2. The fraction of sp³-hybridized carbons (Fsp3) is 0.451. The molecule has 0 amide bonds. The lowest BCUT2D eigenvalue weighted by Gasteiger charge is -2.57. The van der Waals surface area contributed by atoms with Crippen LogP contribution in [-0.4, -0.2) is 62.9 Å². The summed E-state index contributed by atoms with van der Waals surface area (Å²) >= 11 is 0. The number of phenols is 1. The van der Waals surface area contributed by atoms with E-state index in [9.17, 15) is 33.4 Å². The number of hydrogen-bond acceptors (Lipinski definition) is 9. The Morgan fingerprint density at radius 3 is 2.35 bits per heavy atom. The fourth-order valence-corrected chi connectivity index (χ4v) is 20.1. The molecule has 2 saturated carbocycles. The number of allylic oxidation sites excluding steroid dienone is 1. The third-order valence-corrected chi connectivity index (χ3v) is 25.0. The summed E-state index contributed by atoms with van der Waals surface area (Å²) in [4.78, 5) is 5.39. The largest absolute Gasteiger partial charge is 0.508 e. The molecule has 4 aliphatic carbocycles. The number of nitrogens with two attached hydrogens (primary N) is 2.